The number of likely N-dealkylation sites (N-methyl/N-ethyl adjacent to an activating group) is 1. The van der Waals surface area contributed by atoms with Crippen molar-refractivity contribution >= 4 is 33.2 Å². The fourth-order valence-electron chi connectivity index (χ4n) is 4.54. The van der Waals surface area contributed by atoms with Crippen LogP contribution in [0.25, 0.3) is 0 Å². The summed E-state index contributed by atoms with van der Waals surface area (Å²) in [5, 5.41) is 14.3. The molecular weight excluding hydrogens is 560 g/mol. The second-order valence-electron chi connectivity index (χ2n) is 9.56. The minimum Gasteiger partial charge on any atom is -0.497 e. The summed E-state index contributed by atoms with van der Waals surface area (Å²) in [4.78, 5) is 39.0. The van der Waals surface area contributed by atoms with Crippen molar-refractivity contribution in [3.63, 3.8) is 0 Å². The standard InChI is InChI=1S/C30H36N4O7S/c1-5-27(30(36)31-6-2)32(19-18-23-10-8-7-9-11-23)29(35)21-33(24-13-15-25(41-4)16-14-24)42(39,40)26-17-12-22(3)28(20-26)34(37)38/h7-17,20,27H,5-6,18-19,21H2,1-4H3,(H,31,36). The number of ether oxygens (including phenoxy) is 1. The van der Waals surface area contributed by atoms with Gasteiger partial charge in [-0.05, 0) is 62.6 Å². The van der Waals surface area contributed by atoms with Crippen LogP contribution in [0.2, 0.25) is 0 Å². The van der Waals surface area contributed by atoms with Gasteiger partial charge in [0.05, 0.1) is 22.6 Å². The van der Waals surface area contributed by atoms with Crippen molar-refractivity contribution in [2.24, 2.45) is 0 Å². The normalized spacial score (nSPS) is 11.8. The number of amides is 2. The topological polar surface area (TPSA) is 139 Å². The number of sulfonamides is 1. The highest BCUT2D eigenvalue weighted by atomic mass is 32.2. The SMILES string of the molecule is CCNC(=O)C(CC)N(CCc1ccccc1)C(=O)CN(c1ccc(OC)cc1)S(=O)(=O)c1ccc(C)c([N+](=O)[O-])c1. The van der Waals surface area contributed by atoms with Gasteiger partial charge in [-0.3, -0.25) is 24.0 Å². The number of methoxy groups -OCH3 is 1. The van der Waals surface area contributed by atoms with E-state index in [1.807, 2.05) is 30.3 Å². The van der Waals surface area contributed by atoms with Crippen LogP contribution < -0.4 is 14.4 Å². The zero-order chi connectivity index (χ0) is 30.9. The summed E-state index contributed by atoms with van der Waals surface area (Å²) in [6.07, 6.45) is 0.758. The number of rotatable bonds is 14. The van der Waals surface area contributed by atoms with Crippen LogP contribution in [-0.4, -0.2) is 62.8 Å². The Labute approximate surface area is 246 Å². The van der Waals surface area contributed by atoms with E-state index in [4.69, 9.17) is 4.74 Å². The second-order valence-corrected chi connectivity index (χ2v) is 11.4. The fourth-order valence-corrected chi connectivity index (χ4v) is 5.97. The van der Waals surface area contributed by atoms with Crippen LogP contribution in [0.3, 0.4) is 0 Å². The van der Waals surface area contributed by atoms with Gasteiger partial charge in [0, 0.05) is 24.7 Å². The lowest BCUT2D eigenvalue weighted by Gasteiger charge is -2.33. The van der Waals surface area contributed by atoms with Crippen LogP contribution in [0.15, 0.2) is 77.7 Å². The van der Waals surface area contributed by atoms with E-state index in [1.54, 1.807) is 26.0 Å². The van der Waals surface area contributed by atoms with Crippen LogP contribution >= 0.6 is 0 Å². The van der Waals surface area contributed by atoms with E-state index in [0.29, 0.717) is 30.7 Å². The predicted molar refractivity (Wildman–Crippen MR) is 160 cm³/mol. The number of aryl methyl sites for hydroxylation is 1. The maximum absolute atomic E-state index is 14.0. The number of carbonyl (C=O) groups excluding carboxylic acids is 2. The zero-order valence-corrected chi connectivity index (χ0v) is 25.0. The van der Waals surface area contributed by atoms with Crippen molar-refractivity contribution < 1.29 is 27.7 Å². The second kappa shape index (κ2) is 14.4. The van der Waals surface area contributed by atoms with Gasteiger partial charge in [0.25, 0.3) is 15.7 Å². The molecule has 1 unspecified atom stereocenters. The molecule has 0 aliphatic heterocycles. The molecule has 0 saturated heterocycles. The molecule has 1 N–H and O–H groups in total. The van der Waals surface area contributed by atoms with E-state index in [-0.39, 0.29) is 28.7 Å². The Bertz CT molecular complexity index is 1500. The first-order valence-electron chi connectivity index (χ1n) is 13.6. The van der Waals surface area contributed by atoms with E-state index in [9.17, 15) is 28.1 Å². The number of benzene rings is 3. The number of anilines is 1. The van der Waals surface area contributed by atoms with Crippen molar-refractivity contribution in [1.29, 1.82) is 0 Å². The molecule has 42 heavy (non-hydrogen) atoms. The van der Waals surface area contributed by atoms with Gasteiger partial charge in [0.1, 0.15) is 18.3 Å². The van der Waals surface area contributed by atoms with Gasteiger partial charge in [0.2, 0.25) is 11.8 Å². The molecule has 0 aromatic heterocycles. The zero-order valence-electron chi connectivity index (χ0n) is 24.1. The average Bonchev–Trinajstić information content (AvgIpc) is 2.98. The monoisotopic (exact) mass is 596 g/mol. The maximum atomic E-state index is 14.0. The number of carbonyl (C=O) groups is 2. The molecule has 0 heterocycles. The van der Waals surface area contributed by atoms with E-state index in [1.165, 1.54) is 43.2 Å². The Hall–Kier alpha value is -4.45. The van der Waals surface area contributed by atoms with E-state index in [2.05, 4.69) is 5.32 Å². The molecule has 3 aromatic rings. The third-order valence-corrected chi connectivity index (χ3v) is 8.60. The summed E-state index contributed by atoms with van der Waals surface area (Å²) in [5.41, 5.74) is 1.05. The molecule has 2 amide bonds. The van der Waals surface area contributed by atoms with Crippen LogP contribution in [-0.2, 0) is 26.0 Å². The minimum atomic E-state index is -4.47. The van der Waals surface area contributed by atoms with Crippen molar-refractivity contribution in [3.05, 3.63) is 94.0 Å². The fraction of sp³-hybridized carbons (Fsp3) is 0.333. The first-order valence-corrected chi connectivity index (χ1v) is 15.0. The highest BCUT2D eigenvalue weighted by Gasteiger charge is 2.34. The third kappa shape index (κ3) is 7.64. The Balaban J connectivity index is 2.07. The Morgan fingerprint density at radius 1 is 1.02 bits per heavy atom. The van der Waals surface area contributed by atoms with Crippen molar-refractivity contribution in [2.75, 3.05) is 31.0 Å². The molecule has 0 fully saturated rings. The summed E-state index contributed by atoms with van der Waals surface area (Å²) in [7, 11) is -3.00. The minimum absolute atomic E-state index is 0.154. The molecule has 224 valence electrons. The summed E-state index contributed by atoms with van der Waals surface area (Å²) in [6, 6.07) is 18.3. The van der Waals surface area contributed by atoms with Crippen molar-refractivity contribution in [1.82, 2.24) is 10.2 Å². The predicted octanol–water partition coefficient (Wildman–Crippen LogP) is 4.09. The molecule has 11 nitrogen and oxygen atoms in total. The number of nitro benzene ring substituents is 1. The number of hydrogen-bond donors (Lipinski definition) is 1. The molecule has 0 spiro atoms. The molecule has 0 aliphatic rings. The number of nitrogens with one attached hydrogen (secondary N) is 1. The van der Waals surface area contributed by atoms with Gasteiger partial charge in [0.15, 0.2) is 0 Å². The quantitative estimate of drug-likeness (QED) is 0.218. The lowest BCUT2D eigenvalue weighted by atomic mass is 10.1. The van der Waals surface area contributed by atoms with Gasteiger partial charge in [-0.25, -0.2) is 8.42 Å². The van der Waals surface area contributed by atoms with Crippen molar-refractivity contribution in [2.45, 2.75) is 44.6 Å². The Morgan fingerprint density at radius 2 is 1.69 bits per heavy atom. The Morgan fingerprint density at radius 3 is 2.26 bits per heavy atom. The van der Waals surface area contributed by atoms with Crippen LogP contribution in [0.1, 0.15) is 31.4 Å². The van der Waals surface area contributed by atoms with Gasteiger partial charge < -0.3 is 15.0 Å². The highest BCUT2D eigenvalue weighted by molar-refractivity contribution is 7.92. The molecule has 1 atom stereocenters. The lowest BCUT2D eigenvalue weighted by Crippen LogP contribution is -2.53. The number of hydrogen-bond acceptors (Lipinski definition) is 7. The van der Waals surface area contributed by atoms with Crippen molar-refractivity contribution in [3.8, 4) is 5.75 Å². The van der Waals surface area contributed by atoms with E-state index < -0.39 is 33.4 Å². The molecule has 0 radical (unpaired) electrons. The Kier molecular flexibility index (Phi) is 11.0. The van der Waals surface area contributed by atoms with Crippen LogP contribution in [0, 0.1) is 17.0 Å². The molecule has 0 saturated carbocycles. The van der Waals surface area contributed by atoms with Gasteiger partial charge in [-0.2, -0.15) is 0 Å². The largest absolute Gasteiger partial charge is 0.497 e. The summed E-state index contributed by atoms with van der Waals surface area (Å²) < 4.78 is 34.1. The molecule has 12 heteroatoms. The van der Waals surface area contributed by atoms with Gasteiger partial charge in [-0.1, -0.05) is 43.3 Å². The summed E-state index contributed by atoms with van der Waals surface area (Å²) >= 11 is 0. The molecule has 3 rings (SSSR count). The lowest BCUT2D eigenvalue weighted by molar-refractivity contribution is -0.385. The molecule has 3 aromatic carbocycles. The number of nitrogens with zero attached hydrogens (tertiary/aromatic N) is 3. The summed E-state index contributed by atoms with van der Waals surface area (Å²) in [6.45, 7) is 4.97. The van der Waals surface area contributed by atoms with Gasteiger partial charge in [-0.15, -0.1) is 0 Å². The van der Waals surface area contributed by atoms with Crippen LogP contribution in [0.4, 0.5) is 11.4 Å². The molecule has 0 aliphatic carbocycles. The van der Waals surface area contributed by atoms with E-state index in [0.717, 1.165) is 15.9 Å². The summed E-state index contributed by atoms with van der Waals surface area (Å²) in [5.74, 6) is -0.459. The maximum Gasteiger partial charge on any atom is 0.273 e. The molecule has 0 bridgehead atoms. The number of nitro groups is 1. The van der Waals surface area contributed by atoms with Gasteiger partial charge >= 0.3 is 0 Å². The average molecular weight is 597 g/mol. The first kappa shape index (κ1) is 32.1. The van der Waals surface area contributed by atoms with E-state index >= 15 is 0 Å². The third-order valence-electron chi connectivity index (χ3n) is 6.83. The highest BCUT2D eigenvalue weighted by Crippen LogP contribution is 2.29. The molecular formula is C30H36N4O7S. The van der Waals surface area contributed by atoms with Crippen LogP contribution in [0.5, 0.6) is 5.75 Å². The smallest absolute Gasteiger partial charge is 0.273 e. The first-order chi connectivity index (χ1) is 20.0.